The van der Waals surface area contributed by atoms with E-state index in [0.29, 0.717) is 18.7 Å². The van der Waals surface area contributed by atoms with E-state index in [1.165, 1.54) is 0 Å². The fraction of sp³-hybridized carbons (Fsp3) is 0.714. The Balaban J connectivity index is 1.93. The molecule has 20 heavy (non-hydrogen) atoms. The molecule has 0 saturated heterocycles. The van der Waals surface area contributed by atoms with Gasteiger partial charge in [-0.2, -0.15) is 0 Å². The summed E-state index contributed by atoms with van der Waals surface area (Å²) < 4.78 is 10.5. The lowest BCUT2D eigenvalue weighted by Crippen LogP contribution is -2.68. The first-order valence-corrected chi connectivity index (χ1v) is 6.85. The van der Waals surface area contributed by atoms with Crippen LogP contribution in [0, 0.1) is 12.3 Å². The van der Waals surface area contributed by atoms with Gasteiger partial charge in [0.2, 0.25) is 5.76 Å². The van der Waals surface area contributed by atoms with Crippen molar-refractivity contribution < 1.29 is 19.2 Å². The Morgan fingerprint density at radius 1 is 1.65 bits per heavy atom. The molecular formula is C14H22N2O4. The topological polar surface area (TPSA) is 84.6 Å². The normalized spacial score (nSPS) is 27.9. The summed E-state index contributed by atoms with van der Waals surface area (Å²) in [6.45, 7) is 8.36. The number of rotatable bonds is 5. The average molecular weight is 282 g/mol. The maximum Gasteiger partial charge on any atom is 0.290 e. The van der Waals surface area contributed by atoms with Crippen LogP contribution in [0.4, 0.5) is 0 Å². The van der Waals surface area contributed by atoms with Gasteiger partial charge >= 0.3 is 0 Å². The molecule has 0 unspecified atom stereocenters. The molecule has 1 aliphatic rings. The summed E-state index contributed by atoms with van der Waals surface area (Å²) in [5.41, 5.74) is -0.709. The number of carbonyl (C=O) groups is 1. The third-order valence-corrected chi connectivity index (χ3v) is 4.29. The smallest absolute Gasteiger partial charge is 0.290 e. The lowest BCUT2D eigenvalue weighted by Gasteiger charge is -2.57. The Labute approximate surface area is 118 Å². The highest BCUT2D eigenvalue weighted by atomic mass is 16.5. The Morgan fingerprint density at radius 2 is 2.35 bits per heavy atom. The molecule has 1 heterocycles. The number of aliphatic hydroxyl groups is 1. The average Bonchev–Trinajstić information content (AvgIpc) is 2.82. The van der Waals surface area contributed by atoms with Crippen molar-refractivity contribution in [2.45, 2.75) is 45.8 Å². The van der Waals surface area contributed by atoms with Crippen molar-refractivity contribution in [1.82, 2.24) is 10.5 Å². The summed E-state index contributed by atoms with van der Waals surface area (Å²) in [5, 5.41) is 17.0. The summed E-state index contributed by atoms with van der Waals surface area (Å²) in [5.74, 6) is -0.209. The van der Waals surface area contributed by atoms with E-state index < -0.39 is 11.0 Å². The number of nitrogens with one attached hydrogen (secondary N) is 1. The van der Waals surface area contributed by atoms with Gasteiger partial charge in [0.25, 0.3) is 5.91 Å². The van der Waals surface area contributed by atoms with Gasteiger partial charge in [-0.15, -0.1) is 0 Å². The first-order valence-electron chi connectivity index (χ1n) is 6.85. The maximum absolute atomic E-state index is 11.9. The summed E-state index contributed by atoms with van der Waals surface area (Å²) in [4.78, 5) is 11.9. The molecule has 0 aromatic carbocycles. The summed E-state index contributed by atoms with van der Waals surface area (Å²) in [6.07, 6.45) is 0.533. The molecule has 2 atom stereocenters. The first-order chi connectivity index (χ1) is 9.30. The van der Waals surface area contributed by atoms with Crippen LogP contribution in [0.2, 0.25) is 0 Å². The predicted octanol–water partition coefficient (Wildman–Crippen LogP) is 1.28. The molecule has 0 bridgehead atoms. The molecule has 0 spiro atoms. The molecule has 1 aromatic heterocycles. The summed E-state index contributed by atoms with van der Waals surface area (Å²) in [6, 6.07) is 1.56. The van der Waals surface area contributed by atoms with E-state index in [9.17, 15) is 9.90 Å². The zero-order valence-corrected chi connectivity index (χ0v) is 12.4. The minimum absolute atomic E-state index is 0.0157. The zero-order chi connectivity index (χ0) is 15.0. The van der Waals surface area contributed by atoms with Gasteiger partial charge in [0, 0.05) is 31.1 Å². The van der Waals surface area contributed by atoms with Gasteiger partial charge in [0.1, 0.15) is 0 Å². The largest absolute Gasteiger partial charge is 0.387 e. The fourth-order valence-electron chi connectivity index (χ4n) is 2.55. The third kappa shape index (κ3) is 2.45. The monoisotopic (exact) mass is 282 g/mol. The van der Waals surface area contributed by atoms with E-state index >= 15 is 0 Å². The minimum Gasteiger partial charge on any atom is -0.387 e. The lowest BCUT2D eigenvalue weighted by atomic mass is 9.56. The summed E-state index contributed by atoms with van der Waals surface area (Å²) >= 11 is 0. The second-order valence-corrected chi connectivity index (χ2v) is 5.92. The van der Waals surface area contributed by atoms with Crippen LogP contribution in [0.5, 0.6) is 0 Å². The number of nitrogens with zero attached hydrogens (tertiary/aromatic N) is 1. The van der Waals surface area contributed by atoms with Gasteiger partial charge in [-0.1, -0.05) is 19.0 Å². The van der Waals surface area contributed by atoms with Crippen molar-refractivity contribution in [1.29, 1.82) is 0 Å². The van der Waals surface area contributed by atoms with Crippen molar-refractivity contribution in [3.63, 3.8) is 0 Å². The van der Waals surface area contributed by atoms with Crippen LogP contribution in [-0.4, -0.2) is 41.0 Å². The maximum atomic E-state index is 11.9. The number of hydrogen-bond acceptors (Lipinski definition) is 5. The number of amides is 1. The second kappa shape index (κ2) is 5.18. The van der Waals surface area contributed by atoms with Crippen LogP contribution in [0.1, 0.15) is 43.4 Å². The van der Waals surface area contributed by atoms with Gasteiger partial charge in [0.15, 0.2) is 0 Å². The third-order valence-electron chi connectivity index (χ3n) is 4.29. The van der Waals surface area contributed by atoms with Crippen LogP contribution in [-0.2, 0) is 4.74 Å². The van der Waals surface area contributed by atoms with Gasteiger partial charge < -0.3 is 19.7 Å². The molecule has 1 amide bonds. The highest BCUT2D eigenvalue weighted by Gasteiger charge is 2.59. The molecule has 2 rings (SSSR count). The van der Waals surface area contributed by atoms with Crippen LogP contribution < -0.4 is 5.32 Å². The van der Waals surface area contributed by atoms with E-state index in [1.807, 2.05) is 20.8 Å². The Hall–Kier alpha value is -1.40. The molecule has 6 heteroatoms. The van der Waals surface area contributed by atoms with Crippen molar-refractivity contribution in [2.75, 3.05) is 13.2 Å². The number of carbonyl (C=O) groups excluding carboxylic acids is 1. The van der Waals surface area contributed by atoms with E-state index in [2.05, 4.69) is 10.5 Å². The number of hydrogen-bond donors (Lipinski definition) is 2. The van der Waals surface area contributed by atoms with Crippen LogP contribution in [0.3, 0.4) is 0 Å². The fourth-order valence-corrected chi connectivity index (χ4v) is 2.55. The standard InChI is InChI=1S/C14H22N2O4/c1-5-19-11-7-14(18,13(11,3)4)8-15-12(17)10-6-9(2)16-20-10/h6,11,18H,5,7-8H2,1-4H3,(H,15,17)/t11-,14+/m1/s1. The molecular weight excluding hydrogens is 260 g/mol. The molecule has 1 saturated carbocycles. The molecule has 2 N–H and O–H groups in total. The van der Waals surface area contributed by atoms with Crippen molar-refractivity contribution in [3.05, 3.63) is 17.5 Å². The molecule has 112 valence electrons. The Bertz CT molecular complexity index is 497. The highest BCUT2D eigenvalue weighted by molar-refractivity contribution is 5.91. The highest BCUT2D eigenvalue weighted by Crippen LogP contribution is 2.50. The van der Waals surface area contributed by atoms with E-state index in [-0.39, 0.29) is 24.3 Å². The van der Waals surface area contributed by atoms with Gasteiger partial charge in [-0.3, -0.25) is 4.79 Å². The molecule has 6 nitrogen and oxygen atoms in total. The number of aromatic nitrogens is 1. The predicted molar refractivity (Wildman–Crippen MR) is 72.3 cm³/mol. The first kappa shape index (κ1) is 15.0. The lowest BCUT2D eigenvalue weighted by molar-refractivity contribution is -0.237. The van der Waals surface area contributed by atoms with E-state index in [1.54, 1.807) is 13.0 Å². The van der Waals surface area contributed by atoms with Crippen LogP contribution in [0.15, 0.2) is 10.6 Å². The van der Waals surface area contributed by atoms with Crippen molar-refractivity contribution in [3.8, 4) is 0 Å². The van der Waals surface area contributed by atoms with Gasteiger partial charge in [-0.25, -0.2) is 0 Å². The van der Waals surface area contributed by atoms with Crippen molar-refractivity contribution in [2.24, 2.45) is 5.41 Å². The van der Waals surface area contributed by atoms with Crippen molar-refractivity contribution >= 4 is 5.91 Å². The van der Waals surface area contributed by atoms with Crippen LogP contribution in [0.25, 0.3) is 0 Å². The summed E-state index contributed by atoms with van der Waals surface area (Å²) in [7, 11) is 0. The van der Waals surface area contributed by atoms with Crippen LogP contribution >= 0.6 is 0 Å². The Kier molecular flexibility index (Phi) is 3.88. The molecule has 1 aliphatic carbocycles. The second-order valence-electron chi connectivity index (χ2n) is 5.92. The SMILES string of the molecule is CCO[C@@H]1C[C@](O)(CNC(=O)c2cc(C)no2)C1(C)C. The molecule has 0 aliphatic heterocycles. The minimum atomic E-state index is -0.961. The molecule has 1 aromatic rings. The number of aryl methyl sites for hydroxylation is 1. The Morgan fingerprint density at radius 3 is 2.85 bits per heavy atom. The van der Waals surface area contributed by atoms with Gasteiger partial charge in [0.05, 0.1) is 17.4 Å². The quantitative estimate of drug-likeness (QED) is 0.849. The molecule has 1 fully saturated rings. The van der Waals surface area contributed by atoms with E-state index in [0.717, 1.165) is 0 Å². The number of ether oxygens (including phenoxy) is 1. The van der Waals surface area contributed by atoms with E-state index in [4.69, 9.17) is 9.26 Å². The van der Waals surface area contributed by atoms with Gasteiger partial charge in [-0.05, 0) is 13.8 Å². The zero-order valence-electron chi connectivity index (χ0n) is 12.4. The molecule has 0 radical (unpaired) electrons.